The molecule has 0 aliphatic carbocycles. The van der Waals surface area contributed by atoms with Crippen molar-refractivity contribution in [3.63, 3.8) is 0 Å². The molecule has 0 unspecified atom stereocenters. The molecule has 0 aromatic carbocycles. The Morgan fingerprint density at radius 2 is 0.643 bits per heavy atom. The molecule has 0 rings (SSSR count). The fourth-order valence-corrected chi connectivity index (χ4v) is 34.2. The summed E-state index contributed by atoms with van der Waals surface area (Å²) >= 11 is 0. The Morgan fingerprint density at radius 1 is 0.393 bits per heavy atom. The molecule has 0 heterocycles. The Labute approximate surface area is 182 Å². The molecular formula is C15H46O6Si7. The average Bonchev–Trinajstić information content (AvgIpc) is 2.12. The fraction of sp³-hybridized carbons (Fsp3) is 1.00. The lowest BCUT2D eigenvalue weighted by Gasteiger charge is -2.40. The molecule has 0 aliphatic rings. The van der Waals surface area contributed by atoms with Gasteiger partial charge >= 0.3 is 43.5 Å². The van der Waals surface area contributed by atoms with E-state index in [1.165, 1.54) is 0 Å². The van der Waals surface area contributed by atoms with Gasteiger partial charge in [-0.3, -0.25) is 0 Å². The molecule has 0 radical (unpaired) electrons. The summed E-state index contributed by atoms with van der Waals surface area (Å²) in [6.45, 7) is 32.0. The zero-order valence-electron chi connectivity index (χ0n) is 21.0. The summed E-state index contributed by atoms with van der Waals surface area (Å²) < 4.78 is 38.3. The van der Waals surface area contributed by atoms with Crippen molar-refractivity contribution >= 4 is 60.2 Å². The summed E-state index contributed by atoms with van der Waals surface area (Å²) in [7, 11) is -14.4. The summed E-state index contributed by atoms with van der Waals surface area (Å²) in [6.07, 6.45) is 0. The predicted octanol–water partition coefficient (Wildman–Crippen LogP) is 5.41. The molecule has 6 nitrogen and oxygen atoms in total. The summed E-state index contributed by atoms with van der Waals surface area (Å²) in [6, 6.07) is 0. The van der Waals surface area contributed by atoms with Crippen molar-refractivity contribution in [1.82, 2.24) is 0 Å². The van der Waals surface area contributed by atoms with E-state index in [4.69, 9.17) is 24.7 Å². The molecule has 28 heavy (non-hydrogen) atoms. The predicted molar refractivity (Wildman–Crippen MR) is 136 cm³/mol. The lowest BCUT2D eigenvalue weighted by atomic mass is 11.8. The zero-order valence-corrected chi connectivity index (χ0v) is 28.2. The molecule has 0 aromatic heterocycles. The maximum absolute atomic E-state index is 6.44. The normalized spacial score (nSPS) is 15.4. The standard InChI is InChI=1S/C15H46O6Si7/c1-22(16-25(8,9)20-27(12,13)18-23(2,3)4)17-26(10,11)21-28(14,15)19-24(5,6)7/h22H,1-15H3. The van der Waals surface area contributed by atoms with Crippen molar-refractivity contribution < 1.29 is 24.7 Å². The van der Waals surface area contributed by atoms with E-state index in [0.29, 0.717) is 0 Å². The highest BCUT2D eigenvalue weighted by molar-refractivity contribution is 6.89. The third-order valence-corrected chi connectivity index (χ3v) is 26.9. The summed E-state index contributed by atoms with van der Waals surface area (Å²) in [5.74, 6) is 0. The van der Waals surface area contributed by atoms with Crippen LogP contribution in [0, 0.1) is 0 Å². The lowest BCUT2D eigenvalue weighted by Crippen LogP contribution is -2.57. The van der Waals surface area contributed by atoms with Crippen LogP contribution in [-0.4, -0.2) is 60.2 Å². The molecule has 0 fully saturated rings. The lowest BCUT2D eigenvalue weighted by molar-refractivity contribution is 0.286. The van der Waals surface area contributed by atoms with E-state index in [1.54, 1.807) is 0 Å². The molecule has 0 aromatic rings. The van der Waals surface area contributed by atoms with E-state index in [-0.39, 0.29) is 0 Å². The van der Waals surface area contributed by atoms with Crippen LogP contribution >= 0.6 is 0 Å². The zero-order chi connectivity index (χ0) is 22.8. The Bertz CT molecular complexity index is 456. The third-order valence-electron chi connectivity index (χ3n) is 2.99. The minimum Gasteiger partial charge on any atom is -0.437 e. The molecule has 0 bridgehead atoms. The first kappa shape index (κ1) is 29.3. The molecule has 0 aliphatic heterocycles. The van der Waals surface area contributed by atoms with Crippen LogP contribution < -0.4 is 0 Å². The van der Waals surface area contributed by atoms with Gasteiger partial charge in [0.1, 0.15) is 0 Å². The van der Waals surface area contributed by atoms with Crippen LogP contribution in [0.5, 0.6) is 0 Å². The Morgan fingerprint density at radius 3 is 0.857 bits per heavy atom. The van der Waals surface area contributed by atoms with Gasteiger partial charge in [0, 0.05) is 0 Å². The molecule has 0 N–H and O–H groups in total. The second-order valence-corrected chi connectivity index (χ2v) is 37.0. The largest absolute Gasteiger partial charge is 0.437 e. The van der Waals surface area contributed by atoms with E-state index < -0.39 is 60.2 Å². The van der Waals surface area contributed by atoms with Crippen LogP contribution in [0.4, 0.5) is 0 Å². The highest BCUT2D eigenvalue weighted by atomic mass is 28.5. The van der Waals surface area contributed by atoms with E-state index in [1.807, 2.05) is 0 Å². The first-order valence-corrected chi connectivity index (χ1v) is 30.3. The minimum absolute atomic E-state index is 1.65. The van der Waals surface area contributed by atoms with Gasteiger partial charge in [0.25, 0.3) is 0 Å². The fourth-order valence-electron chi connectivity index (χ4n) is 3.57. The second-order valence-electron chi connectivity index (χ2n) is 11.0. The summed E-state index contributed by atoms with van der Waals surface area (Å²) in [5, 5.41) is 0. The maximum atomic E-state index is 6.44. The SMILES string of the molecule is C[SiH](O[Si](C)(C)O[Si](C)(C)O[Si](C)(C)C)O[Si](C)(C)O[Si](C)(C)O[Si](C)(C)C. The third kappa shape index (κ3) is 15.1. The maximum Gasteiger partial charge on any atom is 0.313 e. The second kappa shape index (κ2) is 9.82. The molecule has 0 saturated heterocycles. The molecule has 0 spiro atoms. The van der Waals surface area contributed by atoms with Crippen molar-refractivity contribution in [3.05, 3.63) is 0 Å². The molecule has 0 atom stereocenters. The molecule has 0 saturated carbocycles. The quantitative estimate of drug-likeness (QED) is 0.322. The Balaban J connectivity index is 4.90. The number of rotatable bonds is 12. The van der Waals surface area contributed by atoms with Crippen molar-refractivity contribution in [1.29, 1.82) is 0 Å². The van der Waals surface area contributed by atoms with Crippen LogP contribution in [0.1, 0.15) is 0 Å². The van der Waals surface area contributed by atoms with Crippen LogP contribution in [0.2, 0.25) is 98.2 Å². The molecular weight excluding hydrogens is 473 g/mol. The monoisotopic (exact) mass is 518 g/mol. The van der Waals surface area contributed by atoms with E-state index in [0.717, 1.165) is 0 Å². The Hall–Kier alpha value is 1.28. The van der Waals surface area contributed by atoms with Gasteiger partial charge in [-0.05, 0) is 98.2 Å². The van der Waals surface area contributed by atoms with Crippen LogP contribution in [-0.2, 0) is 24.7 Å². The van der Waals surface area contributed by atoms with E-state index in [9.17, 15) is 0 Å². The van der Waals surface area contributed by atoms with Crippen molar-refractivity contribution in [2.75, 3.05) is 0 Å². The smallest absolute Gasteiger partial charge is 0.313 e. The van der Waals surface area contributed by atoms with E-state index in [2.05, 4.69) is 98.2 Å². The van der Waals surface area contributed by atoms with Gasteiger partial charge in [-0.25, -0.2) is 0 Å². The molecule has 13 heteroatoms. The Kier molecular flexibility index (Phi) is 10.3. The minimum atomic E-state index is -2.35. The van der Waals surface area contributed by atoms with Crippen molar-refractivity contribution in [3.8, 4) is 0 Å². The van der Waals surface area contributed by atoms with Crippen LogP contribution in [0.15, 0.2) is 0 Å². The van der Waals surface area contributed by atoms with Crippen LogP contribution in [0.3, 0.4) is 0 Å². The highest BCUT2D eigenvalue weighted by Crippen LogP contribution is 2.24. The average molecular weight is 519 g/mol. The topological polar surface area (TPSA) is 55.4 Å². The van der Waals surface area contributed by atoms with Gasteiger partial charge < -0.3 is 24.7 Å². The van der Waals surface area contributed by atoms with Crippen molar-refractivity contribution in [2.45, 2.75) is 98.2 Å². The number of hydrogen-bond acceptors (Lipinski definition) is 6. The van der Waals surface area contributed by atoms with Gasteiger partial charge in [0.15, 0.2) is 16.6 Å². The highest BCUT2D eigenvalue weighted by Gasteiger charge is 2.43. The molecule has 0 amide bonds. The summed E-state index contributed by atoms with van der Waals surface area (Å²) in [4.78, 5) is 0. The van der Waals surface area contributed by atoms with Gasteiger partial charge in [0.05, 0.1) is 0 Å². The van der Waals surface area contributed by atoms with Gasteiger partial charge in [0.2, 0.25) is 0 Å². The first-order valence-electron chi connectivity index (χ1n) is 10.1. The summed E-state index contributed by atoms with van der Waals surface area (Å²) in [5.41, 5.74) is 0. The first-order chi connectivity index (χ1) is 11.9. The molecule has 170 valence electrons. The van der Waals surface area contributed by atoms with Gasteiger partial charge in [-0.15, -0.1) is 0 Å². The number of hydrogen-bond donors (Lipinski definition) is 0. The van der Waals surface area contributed by atoms with Gasteiger partial charge in [-0.2, -0.15) is 0 Å². The van der Waals surface area contributed by atoms with Crippen LogP contribution in [0.25, 0.3) is 0 Å². The van der Waals surface area contributed by atoms with E-state index >= 15 is 0 Å². The van der Waals surface area contributed by atoms with Gasteiger partial charge in [-0.1, -0.05) is 0 Å². The van der Waals surface area contributed by atoms with Crippen molar-refractivity contribution in [2.24, 2.45) is 0 Å².